The van der Waals surface area contributed by atoms with Gasteiger partial charge in [-0.05, 0) is 41.8 Å². The van der Waals surface area contributed by atoms with E-state index in [1.807, 2.05) is 37.3 Å². The molecule has 1 aliphatic rings. The molecule has 1 heterocycles. The third-order valence-electron chi connectivity index (χ3n) is 4.45. The number of nitrogens with zero attached hydrogens (tertiary/aromatic N) is 1. The van der Waals surface area contributed by atoms with Crippen LogP contribution < -0.4 is 0 Å². The molecule has 0 bridgehead atoms. The summed E-state index contributed by atoms with van der Waals surface area (Å²) in [5.74, 6) is 0. The van der Waals surface area contributed by atoms with Crippen molar-refractivity contribution in [2.45, 2.75) is 25.4 Å². The van der Waals surface area contributed by atoms with Gasteiger partial charge in [0.1, 0.15) is 0 Å². The van der Waals surface area contributed by atoms with Crippen LogP contribution in [0.1, 0.15) is 22.4 Å². The SMILES string of the molecule is Cc1ccc2cc(C3(O)Cc4ccccc4C3)ccc2n1. The van der Waals surface area contributed by atoms with Gasteiger partial charge in [-0.15, -0.1) is 0 Å². The molecule has 2 nitrogen and oxygen atoms in total. The van der Waals surface area contributed by atoms with E-state index in [4.69, 9.17) is 0 Å². The normalized spacial score (nSPS) is 16.1. The van der Waals surface area contributed by atoms with Crippen LogP contribution in [0, 0.1) is 6.92 Å². The molecule has 0 fully saturated rings. The Morgan fingerprint density at radius 3 is 2.38 bits per heavy atom. The first-order chi connectivity index (χ1) is 10.1. The first-order valence-corrected chi connectivity index (χ1v) is 7.31. The fourth-order valence-corrected chi connectivity index (χ4v) is 3.32. The largest absolute Gasteiger partial charge is 0.384 e. The van der Waals surface area contributed by atoms with Crippen LogP contribution in [0.5, 0.6) is 0 Å². The number of hydrogen-bond acceptors (Lipinski definition) is 2. The summed E-state index contributed by atoms with van der Waals surface area (Å²) in [6.07, 6.45) is 1.38. The second-order valence-electron chi connectivity index (χ2n) is 6.01. The molecule has 0 saturated heterocycles. The minimum Gasteiger partial charge on any atom is -0.384 e. The second kappa shape index (κ2) is 4.40. The lowest BCUT2D eigenvalue weighted by molar-refractivity contribution is 0.0483. The third-order valence-corrected chi connectivity index (χ3v) is 4.45. The van der Waals surface area contributed by atoms with Crippen LogP contribution in [0.25, 0.3) is 10.9 Å². The molecule has 0 spiro atoms. The van der Waals surface area contributed by atoms with E-state index < -0.39 is 5.60 Å². The lowest BCUT2D eigenvalue weighted by Gasteiger charge is -2.23. The number of aryl methyl sites for hydroxylation is 1. The van der Waals surface area contributed by atoms with Crippen LogP contribution in [0.15, 0.2) is 54.6 Å². The summed E-state index contributed by atoms with van der Waals surface area (Å²) >= 11 is 0. The highest BCUT2D eigenvalue weighted by Crippen LogP contribution is 2.38. The van der Waals surface area contributed by atoms with Gasteiger partial charge < -0.3 is 5.11 Å². The molecule has 0 radical (unpaired) electrons. The summed E-state index contributed by atoms with van der Waals surface area (Å²) in [7, 11) is 0. The van der Waals surface area contributed by atoms with Crippen molar-refractivity contribution in [1.82, 2.24) is 4.98 Å². The van der Waals surface area contributed by atoms with Gasteiger partial charge in [0.2, 0.25) is 0 Å². The summed E-state index contributed by atoms with van der Waals surface area (Å²) in [6, 6.07) is 18.5. The lowest BCUT2D eigenvalue weighted by atomic mass is 9.90. The third kappa shape index (κ3) is 2.03. The number of fused-ring (bicyclic) bond motifs is 2. The zero-order chi connectivity index (χ0) is 14.4. The summed E-state index contributed by atoms with van der Waals surface area (Å²) in [6.45, 7) is 1.99. The van der Waals surface area contributed by atoms with Crippen LogP contribution in [-0.2, 0) is 18.4 Å². The first kappa shape index (κ1) is 12.5. The van der Waals surface area contributed by atoms with E-state index in [2.05, 4.69) is 29.2 Å². The maximum atomic E-state index is 11.1. The van der Waals surface area contributed by atoms with E-state index >= 15 is 0 Å². The molecule has 2 aromatic carbocycles. The Labute approximate surface area is 124 Å². The molecule has 4 rings (SSSR count). The molecule has 0 unspecified atom stereocenters. The van der Waals surface area contributed by atoms with E-state index in [1.54, 1.807) is 0 Å². The minimum absolute atomic E-state index is 0.688. The van der Waals surface area contributed by atoms with Gasteiger partial charge in [-0.25, -0.2) is 0 Å². The highest BCUT2D eigenvalue weighted by molar-refractivity contribution is 5.79. The molecule has 0 saturated carbocycles. The molecule has 21 heavy (non-hydrogen) atoms. The van der Waals surface area contributed by atoms with Crippen molar-refractivity contribution < 1.29 is 5.11 Å². The Morgan fingerprint density at radius 1 is 0.952 bits per heavy atom. The smallest absolute Gasteiger partial charge is 0.0977 e. The molecular formula is C19H17NO. The Balaban J connectivity index is 1.79. The van der Waals surface area contributed by atoms with E-state index in [-0.39, 0.29) is 0 Å². The van der Waals surface area contributed by atoms with Gasteiger partial charge in [-0.2, -0.15) is 0 Å². The van der Waals surface area contributed by atoms with Crippen molar-refractivity contribution in [2.24, 2.45) is 0 Å². The standard InChI is InChI=1S/C19H17NO/c1-13-6-7-14-10-17(8-9-18(14)20-13)19(21)11-15-4-2-3-5-16(15)12-19/h2-10,21H,11-12H2,1H3. The molecule has 1 aromatic heterocycles. The average Bonchev–Trinajstić information content (AvgIpc) is 2.84. The van der Waals surface area contributed by atoms with Crippen molar-refractivity contribution in [3.63, 3.8) is 0 Å². The molecule has 0 amide bonds. The number of aromatic nitrogens is 1. The van der Waals surface area contributed by atoms with Crippen LogP contribution in [0.3, 0.4) is 0 Å². The molecular weight excluding hydrogens is 258 g/mol. The molecule has 104 valence electrons. The molecule has 1 N–H and O–H groups in total. The summed E-state index contributed by atoms with van der Waals surface area (Å²) in [5, 5.41) is 12.2. The zero-order valence-corrected chi connectivity index (χ0v) is 12.0. The van der Waals surface area contributed by atoms with Gasteiger partial charge in [0.05, 0.1) is 11.1 Å². The van der Waals surface area contributed by atoms with Crippen molar-refractivity contribution in [3.05, 3.63) is 77.0 Å². The van der Waals surface area contributed by atoms with Gasteiger partial charge in [-0.3, -0.25) is 4.98 Å². The summed E-state index contributed by atoms with van der Waals surface area (Å²) in [5.41, 5.74) is 4.70. The number of aliphatic hydroxyl groups is 1. The van der Waals surface area contributed by atoms with Crippen molar-refractivity contribution in [2.75, 3.05) is 0 Å². The van der Waals surface area contributed by atoms with Crippen molar-refractivity contribution in [3.8, 4) is 0 Å². The van der Waals surface area contributed by atoms with Gasteiger partial charge in [0.25, 0.3) is 0 Å². The van der Waals surface area contributed by atoms with Crippen molar-refractivity contribution >= 4 is 10.9 Å². The van der Waals surface area contributed by atoms with E-state index in [0.717, 1.165) is 22.2 Å². The number of rotatable bonds is 1. The quantitative estimate of drug-likeness (QED) is 0.737. The fourth-order valence-electron chi connectivity index (χ4n) is 3.32. The van der Waals surface area contributed by atoms with Crippen LogP contribution >= 0.6 is 0 Å². The number of pyridine rings is 1. The van der Waals surface area contributed by atoms with Crippen LogP contribution in [-0.4, -0.2) is 10.1 Å². The maximum absolute atomic E-state index is 11.1. The van der Waals surface area contributed by atoms with E-state index in [1.165, 1.54) is 11.1 Å². The van der Waals surface area contributed by atoms with E-state index in [0.29, 0.717) is 12.8 Å². The van der Waals surface area contributed by atoms with E-state index in [9.17, 15) is 5.11 Å². The highest BCUT2D eigenvalue weighted by Gasteiger charge is 2.36. The Kier molecular flexibility index (Phi) is 2.63. The predicted octanol–water partition coefficient (Wildman–Crippen LogP) is 3.53. The average molecular weight is 275 g/mol. The second-order valence-corrected chi connectivity index (χ2v) is 6.01. The predicted molar refractivity (Wildman–Crippen MR) is 84.2 cm³/mol. The number of hydrogen-bond donors (Lipinski definition) is 1. The van der Waals surface area contributed by atoms with Crippen molar-refractivity contribution in [1.29, 1.82) is 0 Å². The highest BCUT2D eigenvalue weighted by atomic mass is 16.3. The zero-order valence-electron chi connectivity index (χ0n) is 12.0. The van der Waals surface area contributed by atoms with Crippen LogP contribution in [0.2, 0.25) is 0 Å². The molecule has 0 atom stereocenters. The lowest BCUT2D eigenvalue weighted by Crippen LogP contribution is -2.26. The minimum atomic E-state index is -0.789. The number of benzene rings is 2. The van der Waals surface area contributed by atoms with Gasteiger partial charge in [-0.1, -0.05) is 36.4 Å². The Hall–Kier alpha value is -2.19. The van der Waals surface area contributed by atoms with Gasteiger partial charge in [0.15, 0.2) is 0 Å². The molecule has 0 aliphatic heterocycles. The molecule has 3 aromatic rings. The summed E-state index contributed by atoms with van der Waals surface area (Å²) < 4.78 is 0. The molecule has 2 heteroatoms. The van der Waals surface area contributed by atoms with Crippen LogP contribution in [0.4, 0.5) is 0 Å². The Bertz CT molecular complexity index is 813. The topological polar surface area (TPSA) is 33.1 Å². The Morgan fingerprint density at radius 2 is 1.67 bits per heavy atom. The monoisotopic (exact) mass is 275 g/mol. The van der Waals surface area contributed by atoms with Gasteiger partial charge >= 0.3 is 0 Å². The summed E-state index contributed by atoms with van der Waals surface area (Å²) in [4.78, 5) is 4.52. The van der Waals surface area contributed by atoms with Gasteiger partial charge in [0, 0.05) is 23.9 Å². The first-order valence-electron chi connectivity index (χ1n) is 7.31. The fraction of sp³-hybridized carbons (Fsp3) is 0.211. The molecule has 1 aliphatic carbocycles. The maximum Gasteiger partial charge on any atom is 0.0977 e.